The normalized spacial score (nSPS) is 15.8. The van der Waals surface area contributed by atoms with E-state index in [1.54, 1.807) is 0 Å². The molecule has 1 aromatic carbocycles. The van der Waals surface area contributed by atoms with Crippen molar-refractivity contribution in [1.29, 1.82) is 0 Å². The molecule has 168 valence electrons. The SMILES string of the molecule is Cc1nc(CC(=O)O)c(C2OCCO2)c(NC(CF)c2cccc(C(F)(F)F)c2C)n1. The van der Waals surface area contributed by atoms with Crippen LogP contribution in [0.3, 0.4) is 0 Å². The Morgan fingerprint density at radius 2 is 1.94 bits per heavy atom. The topological polar surface area (TPSA) is 93.6 Å². The van der Waals surface area contributed by atoms with E-state index >= 15 is 0 Å². The van der Waals surface area contributed by atoms with Gasteiger partial charge in [0, 0.05) is 0 Å². The highest BCUT2D eigenvalue weighted by Gasteiger charge is 2.34. The number of anilines is 1. The van der Waals surface area contributed by atoms with E-state index in [2.05, 4.69) is 15.3 Å². The van der Waals surface area contributed by atoms with Crippen LogP contribution in [0.15, 0.2) is 18.2 Å². The van der Waals surface area contributed by atoms with Crippen LogP contribution in [0.2, 0.25) is 0 Å². The highest BCUT2D eigenvalue weighted by molar-refractivity contribution is 5.71. The molecule has 1 aromatic heterocycles. The highest BCUT2D eigenvalue weighted by Crippen LogP contribution is 2.37. The Bertz CT molecular complexity index is 962. The molecular formula is C20H21F4N3O4. The van der Waals surface area contributed by atoms with E-state index < -0.39 is 43.1 Å². The van der Waals surface area contributed by atoms with Gasteiger partial charge in [0.15, 0.2) is 6.29 Å². The Balaban J connectivity index is 2.06. The number of ether oxygens (including phenoxy) is 2. The number of carboxylic acid groups (broad SMARTS) is 1. The van der Waals surface area contributed by atoms with Gasteiger partial charge in [0.25, 0.3) is 0 Å². The van der Waals surface area contributed by atoms with Gasteiger partial charge in [0.2, 0.25) is 0 Å². The summed E-state index contributed by atoms with van der Waals surface area (Å²) in [6.07, 6.45) is -6.02. The zero-order valence-electron chi connectivity index (χ0n) is 16.8. The number of halogens is 4. The van der Waals surface area contributed by atoms with Crippen LogP contribution in [-0.2, 0) is 26.9 Å². The summed E-state index contributed by atoms with van der Waals surface area (Å²) in [7, 11) is 0. The largest absolute Gasteiger partial charge is 0.481 e. The number of carboxylic acids is 1. The monoisotopic (exact) mass is 443 g/mol. The molecule has 1 aliphatic rings. The van der Waals surface area contributed by atoms with Gasteiger partial charge in [-0.15, -0.1) is 0 Å². The second-order valence-electron chi connectivity index (χ2n) is 6.99. The molecule has 2 heterocycles. The fourth-order valence-electron chi connectivity index (χ4n) is 3.50. The Morgan fingerprint density at radius 1 is 1.26 bits per heavy atom. The second kappa shape index (κ2) is 9.15. The summed E-state index contributed by atoms with van der Waals surface area (Å²) in [6.45, 7) is 2.27. The second-order valence-corrected chi connectivity index (χ2v) is 6.99. The minimum Gasteiger partial charge on any atom is -0.481 e. The molecule has 1 saturated heterocycles. The summed E-state index contributed by atoms with van der Waals surface area (Å²) >= 11 is 0. The molecule has 31 heavy (non-hydrogen) atoms. The number of hydrogen-bond acceptors (Lipinski definition) is 6. The molecule has 0 saturated carbocycles. The van der Waals surface area contributed by atoms with Crippen molar-refractivity contribution in [3.8, 4) is 0 Å². The summed E-state index contributed by atoms with van der Waals surface area (Å²) in [5.41, 5.74) is -0.566. The van der Waals surface area contributed by atoms with Gasteiger partial charge in [0.05, 0.1) is 42.5 Å². The molecule has 0 radical (unpaired) electrons. The standard InChI is InChI=1S/C20H21F4N3O4/c1-10-12(4-3-5-13(10)20(22,23)24)15(9-21)27-18-17(19-30-6-7-31-19)14(8-16(28)29)25-11(2)26-18/h3-5,15,19H,6-9H2,1-2H3,(H,28,29)(H,25,26,27). The van der Waals surface area contributed by atoms with Crippen LogP contribution >= 0.6 is 0 Å². The lowest BCUT2D eigenvalue weighted by atomic mass is 9.96. The first-order chi connectivity index (χ1) is 14.6. The molecule has 0 aliphatic carbocycles. The van der Waals surface area contributed by atoms with Crippen molar-refractivity contribution in [1.82, 2.24) is 9.97 Å². The lowest BCUT2D eigenvalue weighted by Gasteiger charge is -2.24. The first kappa shape index (κ1) is 22.9. The average Bonchev–Trinajstić information content (AvgIpc) is 3.19. The molecule has 2 aromatic rings. The van der Waals surface area contributed by atoms with Crippen LogP contribution in [0.25, 0.3) is 0 Å². The predicted molar refractivity (Wildman–Crippen MR) is 101 cm³/mol. The number of alkyl halides is 4. The lowest BCUT2D eigenvalue weighted by molar-refractivity contribution is -0.138. The molecule has 0 spiro atoms. The van der Waals surface area contributed by atoms with E-state index in [9.17, 15) is 27.5 Å². The molecule has 1 atom stereocenters. The van der Waals surface area contributed by atoms with Crippen LogP contribution in [0.1, 0.15) is 46.1 Å². The zero-order valence-corrected chi connectivity index (χ0v) is 16.8. The Kier molecular flexibility index (Phi) is 6.75. The minimum absolute atomic E-state index is 0.0510. The zero-order chi connectivity index (χ0) is 22.8. The summed E-state index contributed by atoms with van der Waals surface area (Å²) in [5.74, 6) is -0.895. The maximum atomic E-state index is 14.0. The van der Waals surface area contributed by atoms with Crippen LogP contribution in [0.4, 0.5) is 23.4 Å². The first-order valence-electron chi connectivity index (χ1n) is 9.43. The Hall–Kier alpha value is -2.79. The predicted octanol–water partition coefficient (Wildman–Crippen LogP) is 3.91. The number of rotatable bonds is 7. The fraction of sp³-hybridized carbons (Fsp3) is 0.450. The first-order valence-corrected chi connectivity index (χ1v) is 9.43. The third-order valence-corrected chi connectivity index (χ3v) is 4.83. The quantitative estimate of drug-likeness (QED) is 0.627. The number of nitrogens with one attached hydrogen (secondary N) is 1. The van der Waals surface area contributed by atoms with Crippen molar-refractivity contribution in [3.05, 3.63) is 52.0 Å². The number of aromatic nitrogens is 2. The van der Waals surface area contributed by atoms with E-state index in [4.69, 9.17) is 9.47 Å². The van der Waals surface area contributed by atoms with Crippen molar-refractivity contribution >= 4 is 11.8 Å². The van der Waals surface area contributed by atoms with E-state index in [0.29, 0.717) is 0 Å². The molecule has 1 aliphatic heterocycles. The average molecular weight is 443 g/mol. The third kappa shape index (κ3) is 5.10. The Morgan fingerprint density at radius 3 is 2.52 bits per heavy atom. The molecule has 2 N–H and O–H groups in total. The number of aliphatic carboxylic acids is 1. The third-order valence-electron chi connectivity index (χ3n) is 4.83. The minimum atomic E-state index is -4.59. The Labute approximate surface area is 175 Å². The van der Waals surface area contributed by atoms with Gasteiger partial charge >= 0.3 is 12.1 Å². The van der Waals surface area contributed by atoms with Gasteiger partial charge in [-0.05, 0) is 31.0 Å². The van der Waals surface area contributed by atoms with Crippen LogP contribution < -0.4 is 5.32 Å². The van der Waals surface area contributed by atoms with Gasteiger partial charge in [0.1, 0.15) is 18.3 Å². The van der Waals surface area contributed by atoms with Gasteiger partial charge < -0.3 is 19.9 Å². The molecule has 3 rings (SSSR count). The van der Waals surface area contributed by atoms with Gasteiger partial charge in [-0.25, -0.2) is 14.4 Å². The van der Waals surface area contributed by atoms with E-state index in [1.807, 2.05) is 0 Å². The van der Waals surface area contributed by atoms with E-state index in [-0.39, 0.29) is 47.2 Å². The van der Waals surface area contributed by atoms with Gasteiger partial charge in [-0.2, -0.15) is 13.2 Å². The smallest absolute Gasteiger partial charge is 0.416 e. The van der Waals surface area contributed by atoms with Crippen LogP contribution in [-0.4, -0.2) is 40.9 Å². The molecular weight excluding hydrogens is 422 g/mol. The van der Waals surface area contributed by atoms with Crippen molar-refractivity contribution in [3.63, 3.8) is 0 Å². The molecule has 1 unspecified atom stereocenters. The summed E-state index contributed by atoms with van der Waals surface area (Å²) < 4.78 is 64.8. The summed E-state index contributed by atoms with van der Waals surface area (Å²) in [6, 6.07) is 2.37. The maximum absolute atomic E-state index is 14.0. The maximum Gasteiger partial charge on any atom is 0.416 e. The number of hydrogen-bond donors (Lipinski definition) is 2. The molecule has 0 bridgehead atoms. The molecule has 0 amide bonds. The van der Waals surface area contributed by atoms with Crippen molar-refractivity contribution < 1.29 is 36.9 Å². The summed E-state index contributed by atoms with van der Waals surface area (Å²) in [4.78, 5) is 19.7. The van der Waals surface area contributed by atoms with E-state index in [0.717, 1.165) is 6.07 Å². The van der Waals surface area contributed by atoms with Gasteiger partial charge in [-0.1, -0.05) is 12.1 Å². The molecule has 7 nitrogen and oxygen atoms in total. The van der Waals surface area contributed by atoms with Gasteiger partial charge in [-0.3, -0.25) is 4.79 Å². The van der Waals surface area contributed by atoms with Crippen LogP contribution in [0.5, 0.6) is 0 Å². The number of nitrogens with zero attached hydrogens (tertiary/aromatic N) is 2. The molecule has 1 fully saturated rings. The van der Waals surface area contributed by atoms with E-state index in [1.165, 1.54) is 26.0 Å². The van der Waals surface area contributed by atoms with Crippen molar-refractivity contribution in [2.45, 2.75) is 38.8 Å². The van der Waals surface area contributed by atoms with Crippen LogP contribution in [0, 0.1) is 13.8 Å². The fourth-order valence-corrected chi connectivity index (χ4v) is 3.50. The number of carbonyl (C=O) groups is 1. The number of benzene rings is 1. The lowest BCUT2D eigenvalue weighted by Crippen LogP contribution is -2.21. The highest BCUT2D eigenvalue weighted by atomic mass is 19.4. The van der Waals surface area contributed by atoms with Crippen molar-refractivity contribution in [2.75, 3.05) is 25.2 Å². The van der Waals surface area contributed by atoms with Crippen molar-refractivity contribution in [2.24, 2.45) is 0 Å². The molecule has 11 heteroatoms. The number of aryl methyl sites for hydroxylation is 1. The summed E-state index contributed by atoms with van der Waals surface area (Å²) in [5, 5.41) is 12.1.